The van der Waals surface area contributed by atoms with Crippen molar-refractivity contribution < 1.29 is 0 Å². The Bertz CT molecular complexity index is 760. The van der Waals surface area contributed by atoms with Crippen LogP contribution in [0.2, 0.25) is 0 Å². The molecule has 0 aliphatic carbocycles. The Labute approximate surface area is 117 Å². The monoisotopic (exact) mass is 267 g/mol. The van der Waals surface area contributed by atoms with Crippen LogP contribution >= 0.6 is 0 Å². The van der Waals surface area contributed by atoms with E-state index in [1.165, 1.54) is 17.5 Å². The molecule has 0 atom stereocenters. The summed E-state index contributed by atoms with van der Waals surface area (Å²) in [6.45, 7) is 6.26. The Kier molecular flexibility index (Phi) is 3.10. The van der Waals surface area contributed by atoms with Crippen LogP contribution in [-0.2, 0) is 6.42 Å². The van der Waals surface area contributed by atoms with Crippen molar-refractivity contribution in [1.82, 2.24) is 19.6 Å². The molecule has 5 heteroatoms. The maximum Gasteiger partial charge on any atom is 0.254 e. The minimum atomic E-state index is 0.622. The number of hydrogen-bond donors (Lipinski definition) is 1. The van der Waals surface area contributed by atoms with Crippen molar-refractivity contribution in [2.24, 2.45) is 0 Å². The van der Waals surface area contributed by atoms with Crippen molar-refractivity contribution in [3.8, 4) is 0 Å². The summed E-state index contributed by atoms with van der Waals surface area (Å²) in [6, 6.07) is 8.35. The predicted molar refractivity (Wildman–Crippen MR) is 79.4 cm³/mol. The van der Waals surface area contributed by atoms with Crippen molar-refractivity contribution >= 4 is 17.3 Å². The molecule has 0 bridgehead atoms. The number of nitrogens with one attached hydrogen (secondary N) is 1. The zero-order valence-corrected chi connectivity index (χ0v) is 11.9. The maximum absolute atomic E-state index is 4.44. The lowest BCUT2D eigenvalue weighted by Gasteiger charge is -2.12. The molecular formula is C15H17N5. The number of aromatic nitrogens is 4. The van der Waals surface area contributed by atoms with E-state index in [0.717, 1.165) is 23.6 Å². The Balaban J connectivity index is 2.07. The zero-order chi connectivity index (χ0) is 14.1. The molecule has 0 unspecified atom stereocenters. The average molecular weight is 267 g/mol. The summed E-state index contributed by atoms with van der Waals surface area (Å²) >= 11 is 0. The largest absolute Gasteiger partial charge is 0.340 e. The van der Waals surface area contributed by atoms with Crippen LogP contribution in [0.4, 0.5) is 11.5 Å². The fourth-order valence-electron chi connectivity index (χ4n) is 2.22. The van der Waals surface area contributed by atoms with Gasteiger partial charge in [-0.2, -0.15) is 14.6 Å². The van der Waals surface area contributed by atoms with Crippen molar-refractivity contribution in [3.63, 3.8) is 0 Å². The molecule has 1 N–H and O–H groups in total. The SMILES string of the molecule is CCc1cc(Nc2ccc(C)cc2C)n2ncnc2n1. The van der Waals surface area contributed by atoms with E-state index in [0.29, 0.717) is 5.78 Å². The van der Waals surface area contributed by atoms with E-state index in [2.05, 4.69) is 59.4 Å². The minimum Gasteiger partial charge on any atom is -0.340 e. The van der Waals surface area contributed by atoms with Gasteiger partial charge in [0.25, 0.3) is 5.78 Å². The summed E-state index contributed by atoms with van der Waals surface area (Å²) in [5.74, 6) is 1.51. The molecule has 102 valence electrons. The summed E-state index contributed by atoms with van der Waals surface area (Å²) in [5.41, 5.74) is 4.52. The molecule has 1 aromatic carbocycles. The molecule has 3 aromatic rings. The lowest BCUT2D eigenvalue weighted by atomic mass is 10.1. The quantitative estimate of drug-likeness (QED) is 0.792. The molecule has 2 heterocycles. The first-order valence-electron chi connectivity index (χ1n) is 6.71. The van der Waals surface area contributed by atoms with Crippen molar-refractivity contribution in [3.05, 3.63) is 47.4 Å². The number of fused-ring (bicyclic) bond motifs is 1. The Morgan fingerprint density at radius 2 is 2.05 bits per heavy atom. The minimum absolute atomic E-state index is 0.622. The lowest BCUT2D eigenvalue weighted by Crippen LogP contribution is -2.04. The van der Waals surface area contributed by atoms with E-state index < -0.39 is 0 Å². The number of anilines is 2. The van der Waals surface area contributed by atoms with Gasteiger partial charge in [-0.25, -0.2) is 4.98 Å². The molecule has 0 aliphatic rings. The van der Waals surface area contributed by atoms with Crippen LogP contribution in [0.5, 0.6) is 0 Å². The highest BCUT2D eigenvalue weighted by Crippen LogP contribution is 2.22. The normalized spacial score (nSPS) is 10.9. The fourth-order valence-corrected chi connectivity index (χ4v) is 2.22. The van der Waals surface area contributed by atoms with Crippen LogP contribution in [0.15, 0.2) is 30.6 Å². The number of aryl methyl sites for hydroxylation is 3. The Hall–Kier alpha value is -2.43. The summed E-state index contributed by atoms with van der Waals surface area (Å²) in [4.78, 5) is 8.61. The molecule has 0 aliphatic heterocycles. The number of nitrogens with zero attached hydrogens (tertiary/aromatic N) is 4. The molecular weight excluding hydrogens is 250 g/mol. The third-order valence-electron chi connectivity index (χ3n) is 3.31. The van der Waals surface area contributed by atoms with Crippen molar-refractivity contribution in [2.45, 2.75) is 27.2 Å². The Morgan fingerprint density at radius 1 is 1.20 bits per heavy atom. The summed E-state index contributed by atoms with van der Waals surface area (Å²) in [6.07, 6.45) is 2.39. The molecule has 0 radical (unpaired) electrons. The van der Waals surface area contributed by atoms with Crippen LogP contribution in [0.1, 0.15) is 23.7 Å². The second kappa shape index (κ2) is 4.92. The van der Waals surface area contributed by atoms with Gasteiger partial charge in [0.05, 0.1) is 0 Å². The number of rotatable bonds is 3. The molecule has 2 aromatic heterocycles. The Morgan fingerprint density at radius 3 is 2.80 bits per heavy atom. The molecule has 20 heavy (non-hydrogen) atoms. The first kappa shape index (κ1) is 12.6. The fraction of sp³-hybridized carbons (Fsp3) is 0.267. The highest BCUT2D eigenvalue weighted by Gasteiger charge is 2.08. The van der Waals surface area contributed by atoms with E-state index >= 15 is 0 Å². The molecule has 0 saturated heterocycles. The molecule has 3 rings (SSSR count). The zero-order valence-electron chi connectivity index (χ0n) is 11.9. The lowest BCUT2D eigenvalue weighted by molar-refractivity contribution is 0.918. The first-order valence-corrected chi connectivity index (χ1v) is 6.71. The molecule has 0 fully saturated rings. The third kappa shape index (κ3) is 2.22. The van der Waals surface area contributed by atoms with Gasteiger partial charge in [0, 0.05) is 17.4 Å². The maximum atomic E-state index is 4.44. The van der Waals surface area contributed by atoms with Crippen LogP contribution < -0.4 is 5.32 Å². The van der Waals surface area contributed by atoms with Gasteiger partial charge < -0.3 is 5.32 Å². The van der Waals surface area contributed by atoms with Gasteiger partial charge in [0.15, 0.2) is 0 Å². The van der Waals surface area contributed by atoms with E-state index in [1.807, 2.05) is 6.07 Å². The average Bonchev–Trinajstić information content (AvgIpc) is 2.90. The number of benzene rings is 1. The van der Waals surface area contributed by atoms with Gasteiger partial charge in [-0.1, -0.05) is 24.6 Å². The highest BCUT2D eigenvalue weighted by atomic mass is 15.3. The molecule has 0 spiro atoms. The predicted octanol–water partition coefficient (Wildman–Crippen LogP) is 3.05. The number of hydrogen-bond acceptors (Lipinski definition) is 4. The second-order valence-electron chi connectivity index (χ2n) is 4.90. The van der Waals surface area contributed by atoms with E-state index in [1.54, 1.807) is 4.52 Å². The van der Waals surface area contributed by atoms with Gasteiger partial charge in [-0.3, -0.25) is 0 Å². The summed E-state index contributed by atoms with van der Waals surface area (Å²) in [7, 11) is 0. The highest BCUT2D eigenvalue weighted by molar-refractivity contribution is 5.62. The second-order valence-corrected chi connectivity index (χ2v) is 4.90. The first-order chi connectivity index (χ1) is 9.67. The molecule has 0 amide bonds. The summed E-state index contributed by atoms with van der Waals surface area (Å²) < 4.78 is 1.72. The van der Waals surface area contributed by atoms with Gasteiger partial charge in [0.1, 0.15) is 12.1 Å². The van der Waals surface area contributed by atoms with E-state index in [-0.39, 0.29) is 0 Å². The van der Waals surface area contributed by atoms with E-state index in [9.17, 15) is 0 Å². The molecule has 0 saturated carbocycles. The van der Waals surface area contributed by atoms with Crippen LogP contribution in [0, 0.1) is 13.8 Å². The van der Waals surface area contributed by atoms with Gasteiger partial charge in [0.2, 0.25) is 0 Å². The molecule has 5 nitrogen and oxygen atoms in total. The van der Waals surface area contributed by atoms with Crippen molar-refractivity contribution in [1.29, 1.82) is 0 Å². The summed E-state index contributed by atoms with van der Waals surface area (Å²) in [5, 5.41) is 7.64. The standard InChI is InChI=1S/C15H17N5/c1-4-12-8-14(20-15(18-12)16-9-17-20)19-13-6-5-10(2)7-11(13)3/h5-9,19H,4H2,1-3H3. The van der Waals surface area contributed by atoms with Gasteiger partial charge >= 0.3 is 0 Å². The smallest absolute Gasteiger partial charge is 0.254 e. The van der Waals surface area contributed by atoms with Crippen LogP contribution in [-0.4, -0.2) is 19.6 Å². The third-order valence-corrected chi connectivity index (χ3v) is 3.31. The van der Waals surface area contributed by atoms with Crippen LogP contribution in [0.25, 0.3) is 5.78 Å². The van der Waals surface area contributed by atoms with Crippen molar-refractivity contribution in [2.75, 3.05) is 5.32 Å². The van der Waals surface area contributed by atoms with Crippen LogP contribution in [0.3, 0.4) is 0 Å². The van der Waals surface area contributed by atoms with Gasteiger partial charge in [-0.15, -0.1) is 0 Å². The van der Waals surface area contributed by atoms with Gasteiger partial charge in [-0.05, 0) is 31.9 Å². The topological polar surface area (TPSA) is 55.1 Å². The van der Waals surface area contributed by atoms with E-state index in [4.69, 9.17) is 0 Å².